The molecule has 0 saturated heterocycles. The Balaban J connectivity index is 1.37. The first-order valence-electron chi connectivity index (χ1n) is 8.49. The van der Waals surface area contributed by atoms with Gasteiger partial charge in [0.1, 0.15) is 11.9 Å². The van der Waals surface area contributed by atoms with E-state index in [0.717, 1.165) is 35.8 Å². The second-order valence-corrected chi connectivity index (χ2v) is 6.11. The van der Waals surface area contributed by atoms with Crippen LogP contribution in [0.15, 0.2) is 47.5 Å². The van der Waals surface area contributed by atoms with Crippen LogP contribution in [0.2, 0.25) is 0 Å². The van der Waals surface area contributed by atoms with Crippen LogP contribution in [0.5, 0.6) is 17.2 Å². The Morgan fingerprint density at radius 3 is 2.80 bits per heavy atom. The fourth-order valence-electron chi connectivity index (χ4n) is 2.98. The molecule has 1 unspecified atom stereocenters. The molecule has 0 radical (unpaired) electrons. The summed E-state index contributed by atoms with van der Waals surface area (Å²) < 4.78 is 17.2. The SMILES string of the molecule is NC(=NCC1Cc2ccccc2O1)Nc1ccc2c(c1)OCCCO2. The van der Waals surface area contributed by atoms with Gasteiger partial charge in [0.15, 0.2) is 17.5 Å². The number of aliphatic imine (C=N–C) groups is 1. The molecule has 2 aromatic rings. The van der Waals surface area contributed by atoms with Crippen molar-refractivity contribution in [1.29, 1.82) is 0 Å². The number of hydrogen-bond donors (Lipinski definition) is 2. The summed E-state index contributed by atoms with van der Waals surface area (Å²) in [6, 6.07) is 13.7. The summed E-state index contributed by atoms with van der Waals surface area (Å²) in [6.07, 6.45) is 1.77. The van der Waals surface area contributed by atoms with Crippen molar-refractivity contribution in [2.24, 2.45) is 10.7 Å². The van der Waals surface area contributed by atoms with Gasteiger partial charge in [-0.05, 0) is 23.8 Å². The molecule has 2 aromatic carbocycles. The molecule has 0 spiro atoms. The van der Waals surface area contributed by atoms with Crippen LogP contribution in [-0.2, 0) is 6.42 Å². The minimum atomic E-state index is 0.0292. The van der Waals surface area contributed by atoms with Crippen LogP contribution in [0.25, 0.3) is 0 Å². The lowest BCUT2D eigenvalue weighted by atomic mass is 10.1. The van der Waals surface area contributed by atoms with Crippen LogP contribution in [-0.4, -0.2) is 31.8 Å². The van der Waals surface area contributed by atoms with Gasteiger partial charge in [-0.1, -0.05) is 18.2 Å². The number of nitrogens with zero attached hydrogens (tertiary/aromatic N) is 1. The fourth-order valence-corrected chi connectivity index (χ4v) is 2.98. The van der Waals surface area contributed by atoms with Crippen molar-refractivity contribution in [3.63, 3.8) is 0 Å². The number of nitrogens with one attached hydrogen (secondary N) is 1. The zero-order valence-corrected chi connectivity index (χ0v) is 13.9. The Morgan fingerprint density at radius 1 is 1.08 bits per heavy atom. The highest BCUT2D eigenvalue weighted by atomic mass is 16.5. The highest BCUT2D eigenvalue weighted by Crippen LogP contribution is 2.32. The molecule has 130 valence electrons. The van der Waals surface area contributed by atoms with Crippen LogP contribution in [0, 0.1) is 0 Å². The van der Waals surface area contributed by atoms with Gasteiger partial charge in [-0.15, -0.1) is 0 Å². The van der Waals surface area contributed by atoms with Crippen LogP contribution in [0.3, 0.4) is 0 Å². The van der Waals surface area contributed by atoms with Crippen molar-refractivity contribution in [2.45, 2.75) is 18.9 Å². The molecule has 0 bridgehead atoms. The van der Waals surface area contributed by atoms with E-state index in [1.165, 1.54) is 5.56 Å². The standard InChI is InChI=1S/C19H21N3O3/c20-19(21-12-15-10-13-4-1-2-5-16(13)25-15)22-14-6-7-17-18(11-14)24-9-3-8-23-17/h1-2,4-7,11,15H,3,8-10,12H2,(H3,20,21,22). The maximum absolute atomic E-state index is 6.01. The third kappa shape index (κ3) is 3.63. The van der Waals surface area contributed by atoms with Gasteiger partial charge in [-0.3, -0.25) is 0 Å². The van der Waals surface area contributed by atoms with E-state index in [2.05, 4.69) is 16.4 Å². The van der Waals surface area contributed by atoms with E-state index in [9.17, 15) is 0 Å². The predicted octanol–water partition coefficient (Wildman–Crippen LogP) is 2.58. The average Bonchev–Trinajstić information content (AvgIpc) is 2.90. The average molecular weight is 339 g/mol. The first-order chi connectivity index (χ1) is 12.3. The van der Waals surface area contributed by atoms with Crippen LogP contribution >= 0.6 is 0 Å². The van der Waals surface area contributed by atoms with E-state index in [4.69, 9.17) is 19.9 Å². The van der Waals surface area contributed by atoms with Crippen molar-refractivity contribution in [3.8, 4) is 17.2 Å². The number of para-hydroxylation sites is 1. The number of guanidine groups is 1. The molecule has 2 aliphatic heterocycles. The lowest BCUT2D eigenvalue weighted by Crippen LogP contribution is -2.26. The smallest absolute Gasteiger partial charge is 0.193 e. The summed E-state index contributed by atoms with van der Waals surface area (Å²) in [4.78, 5) is 4.40. The quantitative estimate of drug-likeness (QED) is 0.664. The van der Waals surface area contributed by atoms with E-state index >= 15 is 0 Å². The van der Waals surface area contributed by atoms with E-state index in [-0.39, 0.29) is 6.10 Å². The number of rotatable bonds is 3. The monoisotopic (exact) mass is 339 g/mol. The van der Waals surface area contributed by atoms with Gasteiger partial charge in [0.05, 0.1) is 19.8 Å². The largest absolute Gasteiger partial charge is 0.490 e. The Hall–Kier alpha value is -2.89. The molecule has 3 N–H and O–H groups in total. The summed E-state index contributed by atoms with van der Waals surface area (Å²) >= 11 is 0. The normalized spacial score (nSPS) is 18.9. The molecule has 25 heavy (non-hydrogen) atoms. The third-order valence-electron chi connectivity index (χ3n) is 4.20. The molecule has 0 amide bonds. The topological polar surface area (TPSA) is 78.1 Å². The maximum atomic E-state index is 6.01. The lowest BCUT2D eigenvalue weighted by molar-refractivity contribution is 0.242. The van der Waals surface area contributed by atoms with E-state index in [1.807, 2.05) is 36.4 Å². The summed E-state index contributed by atoms with van der Waals surface area (Å²) in [5.41, 5.74) is 8.05. The molecule has 1 atom stereocenters. The summed E-state index contributed by atoms with van der Waals surface area (Å²) in [5, 5.41) is 3.09. The zero-order chi connectivity index (χ0) is 17.1. The van der Waals surface area contributed by atoms with E-state index in [0.29, 0.717) is 25.7 Å². The fraction of sp³-hybridized carbons (Fsp3) is 0.316. The molecule has 0 saturated carbocycles. The van der Waals surface area contributed by atoms with Gasteiger partial charge in [-0.25, -0.2) is 4.99 Å². The van der Waals surface area contributed by atoms with Gasteiger partial charge in [0.2, 0.25) is 0 Å². The number of fused-ring (bicyclic) bond motifs is 2. The van der Waals surface area contributed by atoms with Crippen molar-refractivity contribution in [2.75, 3.05) is 25.1 Å². The predicted molar refractivity (Wildman–Crippen MR) is 96.7 cm³/mol. The van der Waals surface area contributed by atoms with E-state index < -0.39 is 0 Å². The number of anilines is 1. The second kappa shape index (κ2) is 6.93. The number of ether oxygens (including phenoxy) is 3. The van der Waals surface area contributed by atoms with Crippen molar-refractivity contribution in [3.05, 3.63) is 48.0 Å². The highest BCUT2D eigenvalue weighted by molar-refractivity contribution is 5.92. The summed E-state index contributed by atoms with van der Waals surface area (Å²) in [7, 11) is 0. The zero-order valence-electron chi connectivity index (χ0n) is 13.9. The molecule has 4 rings (SSSR count). The Bertz CT molecular complexity index is 766. The maximum Gasteiger partial charge on any atom is 0.193 e. The minimum absolute atomic E-state index is 0.0292. The molecular weight excluding hydrogens is 318 g/mol. The summed E-state index contributed by atoms with van der Waals surface area (Å²) in [5.74, 6) is 2.78. The van der Waals surface area contributed by atoms with Gasteiger partial charge < -0.3 is 25.3 Å². The van der Waals surface area contributed by atoms with Crippen LogP contribution in [0.1, 0.15) is 12.0 Å². The molecule has 2 aliphatic rings. The molecule has 0 aromatic heterocycles. The Labute approximate surface area is 146 Å². The molecular formula is C19H21N3O3. The van der Waals surface area contributed by atoms with Gasteiger partial charge in [0, 0.05) is 24.6 Å². The van der Waals surface area contributed by atoms with Crippen LogP contribution in [0.4, 0.5) is 5.69 Å². The van der Waals surface area contributed by atoms with Crippen LogP contribution < -0.4 is 25.3 Å². The molecule has 0 fully saturated rings. The molecule has 0 aliphatic carbocycles. The third-order valence-corrected chi connectivity index (χ3v) is 4.20. The number of hydrogen-bond acceptors (Lipinski definition) is 4. The van der Waals surface area contributed by atoms with Crippen molar-refractivity contribution >= 4 is 11.6 Å². The number of benzene rings is 2. The summed E-state index contributed by atoms with van der Waals surface area (Å²) in [6.45, 7) is 1.84. The van der Waals surface area contributed by atoms with Gasteiger partial charge in [0.25, 0.3) is 0 Å². The molecule has 6 nitrogen and oxygen atoms in total. The van der Waals surface area contributed by atoms with Gasteiger partial charge in [-0.2, -0.15) is 0 Å². The first kappa shape index (κ1) is 15.6. The van der Waals surface area contributed by atoms with Crippen molar-refractivity contribution in [1.82, 2.24) is 0 Å². The van der Waals surface area contributed by atoms with Crippen molar-refractivity contribution < 1.29 is 14.2 Å². The molecule has 6 heteroatoms. The Kier molecular flexibility index (Phi) is 4.33. The van der Waals surface area contributed by atoms with Gasteiger partial charge >= 0.3 is 0 Å². The second-order valence-electron chi connectivity index (χ2n) is 6.11. The number of nitrogens with two attached hydrogens (primary N) is 1. The first-order valence-corrected chi connectivity index (χ1v) is 8.49. The Morgan fingerprint density at radius 2 is 1.92 bits per heavy atom. The minimum Gasteiger partial charge on any atom is -0.490 e. The molecule has 2 heterocycles. The lowest BCUT2D eigenvalue weighted by Gasteiger charge is -2.12. The van der Waals surface area contributed by atoms with E-state index in [1.54, 1.807) is 0 Å². The highest BCUT2D eigenvalue weighted by Gasteiger charge is 2.21.